The number of aryl methyl sites for hydroxylation is 1. The van der Waals surface area contributed by atoms with Crippen molar-refractivity contribution in [3.05, 3.63) is 29.6 Å². The fourth-order valence-corrected chi connectivity index (χ4v) is 1.80. The van der Waals surface area contributed by atoms with Crippen LogP contribution in [-0.2, 0) is 10.2 Å². The van der Waals surface area contributed by atoms with Gasteiger partial charge < -0.3 is 5.11 Å². The Kier molecular flexibility index (Phi) is 2.02. The summed E-state index contributed by atoms with van der Waals surface area (Å²) in [4.78, 5) is 15.1. The van der Waals surface area contributed by atoms with Crippen LogP contribution in [0, 0.1) is 6.92 Å². The summed E-state index contributed by atoms with van der Waals surface area (Å²) in [5.74, 6) is -0.731. The minimum Gasteiger partial charge on any atom is -0.481 e. The third-order valence-corrected chi connectivity index (χ3v) is 2.77. The molecule has 1 heterocycles. The number of carboxylic acids is 1. The molecule has 1 aliphatic rings. The van der Waals surface area contributed by atoms with E-state index in [9.17, 15) is 4.79 Å². The molecule has 0 unspecified atom stereocenters. The van der Waals surface area contributed by atoms with Gasteiger partial charge in [-0.15, -0.1) is 0 Å². The van der Waals surface area contributed by atoms with E-state index in [4.69, 9.17) is 5.11 Å². The lowest BCUT2D eigenvalue weighted by Crippen LogP contribution is -2.14. The van der Waals surface area contributed by atoms with Crippen molar-refractivity contribution in [2.45, 2.75) is 31.6 Å². The molecule has 0 radical (unpaired) electrons. The van der Waals surface area contributed by atoms with Crippen LogP contribution in [0.1, 0.15) is 30.7 Å². The van der Waals surface area contributed by atoms with Gasteiger partial charge in [0, 0.05) is 16.8 Å². The molecule has 3 nitrogen and oxygen atoms in total. The van der Waals surface area contributed by atoms with Gasteiger partial charge in [0.15, 0.2) is 0 Å². The number of hydrogen-bond donors (Lipinski definition) is 1. The van der Waals surface area contributed by atoms with Crippen LogP contribution in [0.4, 0.5) is 0 Å². The van der Waals surface area contributed by atoms with Crippen molar-refractivity contribution in [3.8, 4) is 0 Å². The second-order valence-corrected chi connectivity index (χ2v) is 4.02. The van der Waals surface area contributed by atoms with Crippen LogP contribution in [0.25, 0.3) is 0 Å². The second-order valence-electron chi connectivity index (χ2n) is 4.02. The molecule has 1 N–H and O–H groups in total. The van der Waals surface area contributed by atoms with Gasteiger partial charge in [0.25, 0.3) is 0 Å². The molecule has 2 rings (SSSR count). The summed E-state index contributed by atoms with van der Waals surface area (Å²) in [7, 11) is 0. The number of pyridine rings is 1. The van der Waals surface area contributed by atoms with Crippen LogP contribution in [0.2, 0.25) is 0 Å². The summed E-state index contributed by atoms with van der Waals surface area (Å²) < 4.78 is 0. The molecule has 0 bridgehead atoms. The maximum atomic E-state index is 10.7. The van der Waals surface area contributed by atoms with E-state index in [-0.39, 0.29) is 11.8 Å². The number of aliphatic carboxylic acids is 1. The van der Waals surface area contributed by atoms with Gasteiger partial charge in [-0.25, -0.2) is 0 Å². The van der Waals surface area contributed by atoms with Crippen molar-refractivity contribution in [3.63, 3.8) is 0 Å². The van der Waals surface area contributed by atoms with Gasteiger partial charge in [-0.05, 0) is 31.9 Å². The van der Waals surface area contributed by atoms with E-state index < -0.39 is 5.97 Å². The minimum absolute atomic E-state index is 0.155. The van der Waals surface area contributed by atoms with E-state index in [1.165, 1.54) is 0 Å². The molecule has 1 aromatic heterocycles. The van der Waals surface area contributed by atoms with Crippen LogP contribution >= 0.6 is 0 Å². The van der Waals surface area contributed by atoms with Gasteiger partial charge in [0.2, 0.25) is 0 Å². The van der Waals surface area contributed by atoms with Gasteiger partial charge in [-0.3, -0.25) is 9.78 Å². The third kappa shape index (κ3) is 1.62. The molecular formula is C11H13NO2. The normalized spacial score (nSPS) is 17.8. The predicted molar refractivity (Wildman–Crippen MR) is 52.1 cm³/mol. The first-order valence-electron chi connectivity index (χ1n) is 4.78. The Morgan fingerprint density at radius 2 is 2.29 bits per heavy atom. The highest BCUT2D eigenvalue weighted by atomic mass is 16.4. The zero-order valence-corrected chi connectivity index (χ0v) is 8.16. The quantitative estimate of drug-likeness (QED) is 0.793. The summed E-state index contributed by atoms with van der Waals surface area (Å²) in [5, 5.41) is 8.79. The Balaban J connectivity index is 2.26. The third-order valence-electron chi connectivity index (χ3n) is 2.77. The molecule has 0 spiro atoms. The lowest BCUT2D eigenvalue weighted by molar-refractivity contribution is -0.137. The van der Waals surface area contributed by atoms with Crippen molar-refractivity contribution in [2.24, 2.45) is 0 Å². The second kappa shape index (κ2) is 3.08. The average molecular weight is 191 g/mol. The van der Waals surface area contributed by atoms with Gasteiger partial charge in [-0.1, -0.05) is 6.07 Å². The average Bonchev–Trinajstić information content (AvgIpc) is 2.84. The zero-order valence-electron chi connectivity index (χ0n) is 8.16. The molecule has 1 aromatic rings. The SMILES string of the molecule is Cc1cccc(C2(CC(=O)O)CC2)n1. The van der Waals surface area contributed by atoms with Gasteiger partial charge >= 0.3 is 5.97 Å². The highest BCUT2D eigenvalue weighted by Gasteiger charge is 2.47. The first kappa shape index (κ1) is 9.19. The van der Waals surface area contributed by atoms with Crippen molar-refractivity contribution < 1.29 is 9.90 Å². The largest absolute Gasteiger partial charge is 0.481 e. The maximum absolute atomic E-state index is 10.7. The van der Waals surface area contributed by atoms with Crippen molar-refractivity contribution >= 4 is 5.97 Å². The molecule has 1 fully saturated rings. The first-order valence-corrected chi connectivity index (χ1v) is 4.78. The summed E-state index contributed by atoms with van der Waals surface area (Å²) >= 11 is 0. The zero-order chi connectivity index (χ0) is 10.2. The molecule has 0 saturated heterocycles. The smallest absolute Gasteiger partial charge is 0.304 e. The first-order chi connectivity index (χ1) is 6.62. The Hall–Kier alpha value is -1.38. The van der Waals surface area contributed by atoms with Gasteiger partial charge in [0.1, 0.15) is 0 Å². The standard InChI is InChI=1S/C11H13NO2/c1-8-3-2-4-9(12-8)11(5-6-11)7-10(13)14/h2-4H,5-7H2,1H3,(H,13,14). The molecule has 0 amide bonds. The fourth-order valence-electron chi connectivity index (χ4n) is 1.80. The highest BCUT2D eigenvalue weighted by molar-refractivity contribution is 5.69. The Morgan fingerprint density at radius 1 is 1.57 bits per heavy atom. The monoisotopic (exact) mass is 191 g/mol. The molecule has 0 aliphatic heterocycles. The summed E-state index contributed by atoms with van der Waals surface area (Å²) in [5.41, 5.74) is 1.75. The molecule has 74 valence electrons. The topological polar surface area (TPSA) is 50.2 Å². The van der Waals surface area contributed by atoms with Gasteiger partial charge in [-0.2, -0.15) is 0 Å². The van der Waals surface area contributed by atoms with Crippen LogP contribution in [-0.4, -0.2) is 16.1 Å². The number of nitrogens with zero attached hydrogens (tertiary/aromatic N) is 1. The van der Waals surface area contributed by atoms with Crippen molar-refractivity contribution in [1.82, 2.24) is 4.98 Å². The Bertz CT molecular complexity index is 369. The van der Waals surface area contributed by atoms with E-state index in [0.717, 1.165) is 24.2 Å². The van der Waals surface area contributed by atoms with E-state index in [2.05, 4.69) is 4.98 Å². The Morgan fingerprint density at radius 3 is 2.79 bits per heavy atom. The van der Waals surface area contributed by atoms with Crippen LogP contribution in [0.15, 0.2) is 18.2 Å². The number of aromatic nitrogens is 1. The Labute approximate surface area is 82.8 Å². The van der Waals surface area contributed by atoms with E-state index >= 15 is 0 Å². The minimum atomic E-state index is -0.731. The van der Waals surface area contributed by atoms with Gasteiger partial charge in [0.05, 0.1) is 6.42 Å². The molecule has 14 heavy (non-hydrogen) atoms. The molecule has 3 heteroatoms. The van der Waals surface area contributed by atoms with E-state index in [0.29, 0.717) is 0 Å². The van der Waals surface area contributed by atoms with Crippen molar-refractivity contribution in [2.75, 3.05) is 0 Å². The van der Waals surface area contributed by atoms with Crippen LogP contribution in [0.3, 0.4) is 0 Å². The van der Waals surface area contributed by atoms with E-state index in [1.807, 2.05) is 25.1 Å². The molecule has 1 saturated carbocycles. The summed E-state index contributed by atoms with van der Waals surface area (Å²) in [6.45, 7) is 1.93. The number of carbonyl (C=O) groups is 1. The molecule has 0 atom stereocenters. The number of carboxylic acid groups (broad SMARTS) is 1. The molecular weight excluding hydrogens is 178 g/mol. The van der Waals surface area contributed by atoms with E-state index in [1.54, 1.807) is 0 Å². The number of rotatable bonds is 3. The van der Waals surface area contributed by atoms with Crippen LogP contribution in [0.5, 0.6) is 0 Å². The highest BCUT2D eigenvalue weighted by Crippen LogP contribution is 2.50. The lowest BCUT2D eigenvalue weighted by atomic mass is 9.97. The number of hydrogen-bond acceptors (Lipinski definition) is 2. The fraction of sp³-hybridized carbons (Fsp3) is 0.455. The predicted octanol–water partition coefficient (Wildman–Crippen LogP) is 1.90. The van der Waals surface area contributed by atoms with Crippen molar-refractivity contribution in [1.29, 1.82) is 0 Å². The lowest BCUT2D eigenvalue weighted by Gasteiger charge is -2.11. The summed E-state index contributed by atoms with van der Waals surface area (Å²) in [6, 6.07) is 5.81. The molecule has 0 aromatic carbocycles. The van der Waals surface area contributed by atoms with Crippen LogP contribution < -0.4 is 0 Å². The maximum Gasteiger partial charge on any atom is 0.304 e. The summed E-state index contributed by atoms with van der Waals surface area (Å²) in [6.07, 6.45) is 2.12. The molecule has 1 aliphatic carbocycles.